The van der Waals surface area contributed by atoms with E-state index in [2.05, 4.69) is 4.98 Å². The number of amides is 1. The van der Waals surface area contributed by atoms with E-state index in [0.717, 1.165) is 30.5 Å². The summed E-state index contributed by atoms with van der Waals surface area (Å²) in [5.74, 6) is 0.833. The van der Waals surface area contributed by atoms with Crippen molar-refractivity contribution in [1.29, 1.82) is 0 Å². The van der Waals surface area contributed by atoms with Gasteiger partial charge in [0.2, 0.25) is 5.89 Å². The first-order chi connectivity index (χ1) is 16.3. The quantitative estimate of drug-likeness (QED) is 0.454. The standard InChI is InChI=1S/C25H26F3N3O3/c1-33-22-10-3-2-8-19(22)15-30(14-18-7-6-9-20(13-18)25(26,27)28)16-23-29-21(17-34-23)24(32)31-11-4-5-12-31/h2-3,6-10,13,17H,4-5,11-12,14-16H2,1H3. The average molecular weight is 473 g/mol. The Kier molecular flexibility index (Phi) is 7.21. The predicted molar refractivity (Wildman–Crippen MR) is 119 cm³/mol. The minimum absolute atomic E-state index is 0.165. The number of hydrogen-bond donors (Lipinski definition) is 0. The van der Waals surface area contributed by atoms with Gasteiger partial charge in [0.1, 0.15) is 12.0 Å². The largest absolute Gasteiger partial charge is 0.496 e. The van der Waals surface area contributed by atoms with Crippen molar-refractivity contribution in [1.82, 2.24) is 14.8 Å². The summed E-state index contributed by atoms with van der Waals surface area (Å²) < 4.78 is 50.7. The van der Waals surface area contributed by atoms with E-state index >= 15 is 0 Å². The first-order valence-electron chi connectivity index (χ1n) is 11.1. The van der Waals surface area contributed by atoms with Crippen LogP contribution in [-0.2, 0) is 25.8 Å². The fourth-order valence-electron chi connectivity index (χ4n) is 4.10. The molecule has 0 radical (unpaired) electrons. The highest BCUT2D eigenvalue weighted by atomic mass is 19.4. The molecule has 1 fully saturated rings. The number of benzene rings is 2. The smallest absolute Gasteiger partial charge is 0.416 e. The van der Waals surface area contributed by atoms with Gasteiger partial charge in [-0.2, -0.15) is 13.2 Å². The Balaban J connectivity index is 1.56. The summed E-state index contributed by atoms with van der Waals surface area (Å²) in [6.45, 7) is 2.23. The van der Waals surface area contributed by atoms with Crippen LogP contribution in [-0.4, -0.2) is 40.9 Å². The highest BCUT2D eigenvalue weighted by Gasteiger charge is 2.30. The maximum atomic E-state index is 13.2. The Hall–Kier alpha value is -3.33. The van der Waals surface area contributed by atoms with Gasteiger partial charge in [-0.15, -0.1) is 0 Å². The minimum atomic E-state index is -4.42. The monoisotopic (exact) mass is 473 g/mol. The van der Waals surface area contributed by atoms with Gasteiger partial charge in [0.05, 0.1) is 19.2 Å². The molecule has 1 amide bonds. The van der Waals surface area contributed by atoms with Crippen molar-refractivity contribution in [2.75, 3.05) is 20.2 Å². The van der Waals surface area contributed by atoms with E-state index in [1.165, 1.54) is 12.3 Å². The number of para-hydroxylation sites is 1. The minimum Gasteiger partial charge on any atom is -0.496 e. The van der Waals surface area contributed by atoms with E-state index in [-0.39, 0.29) is 24.7 Å². The van der Waals surface area contributed by atoms with Gasteiger partial charge in [-0.3, -0.25) is 9.69 Å². The Morgan fingerprint density at radius 2 is 1.85 bits per heavy atom. The number of ether oxygens (including phenoxy) is 1. The second-order valence-electron chi connectivity index (χ2n) is 8.28. The summed E-state index contributed by atoms with van der Waals surface area (Å²) in [4.78, 5) is 20.6. The third-order valence-corrected chi connectivity index (χ3v) is 5.77. The van der Waals surface area contributed by atoms with Gasteiger partial charge in [-0.25, -0.2) is 4.98 Å². The molecular weight excluding hydrogens is 447 g/mol. The molecule has 0 aliphatic carbocycles. The van der Waals surface area contributed by atoms with Gasteiger partial charge in [-0.05, 0) is 30.5 Å². The molecule has 1 saturated heterocycles. The molecule has 1 aromatic heterocycles. The maximum Gasteiger partial charge on any atom is 0.416 e. The molecule has 0 spiro atoms. The number of carbonyl (C=O) groups excluding carboxylic acids is 1. The lowest BCUT2D eigenvalue weighted by Gasteiger charge is -2.22. The molecule has 4 rings (SSSR count). The normalized spacial score (nSPS) is 14.1. The van der Waals surface area contributed by atoms with Crippen molar-refractivity contribution in [3.8, 4) is 5.75 Å². The van der Waals surface area contributed by atoms with Crippen molar-refractivity contribution in [2.24, 2.45) is 0 Å². The highest BCUT2D eigenvalue weighted by molar-refractivity contribution is 5.92. The summed E-state index contributed by atoms with van der Waals surface area (Å²) in [5, 5.41) is 0. The van der Waals surface area contributed by atoms with E-state index in [9.17, 15) is 18.0 Å². The van der Waals surface area contributed by atoms with E-state index in [4.69, 9.17) is 9.15 Å². The van der Waals surface area contributed by atoms with Gasteiger partial charge in [-0.1, -0.05) is 36.4 Å². The second kappa shape index (κ2) is 10.3. The lowest BCUT2D eigenvalue weighted by atomic mass is 10.1. The Morgan fingerprint density at radius 1 is 1.09 bits per heavy atom. The molecular formula is C25H26F3N3O3. The zero-order chi connectivity index (χ0) is 24.1. The molecule has 1 aliphatic heterocycles. The molecule has 6 nitrogen and oxygen atoms in total. The summed E-state index contributed by atoms with van der Waals surface area (Å²) in [7, 11) is 1.57. The van der Waals surface area contributed by atoms with Crippen LogP contribution in [0.3, 0.4) is 0 Å². The second-order valence-corrected chi connectivity index (χ2v) is 8.28. The number of carbonyl (C=O) groups is 1. The Morgan fingerprint density at radius 3 is 2.59 bits per heavy atom. The number of hydrogen-bond acceptors (Lipinski definition) is 5. The molecule has 9 heteroatoms. The summed E-state index contributed by atoms with van der Waals surface area (Å²) in [5.41, 5.74) is 0.923. The molecule has 0 unspecified atom stereocenters. The third kappa shape index (κ3) is 5.77. The average Bonchev–Trinajstić information content (AvgIpc) is 3.51. The number of halogens is 3. The Bertz CT molecular complexity index is 1120. The number of rotatable bonds is 8. The molecule has 0 atom stereocenters. The van der Waals surface area contributed by atoms with E-state index in [0.29, 0.717) is 36.8 Å². The molecule has 1 aliphatic rings. The molecule has 0 saturated carbocycles. The van der Waals surface area contributed by atoms with Crippen molar-refractivity contribution < 1.29 is 27.1 Å². The van der Waals surface area contributed by atoms with E-state index < -0.39 is 11.7 Å². The van der Waals surface area contributed by atoms with Crippen LogP contribution < -0.4 is 4.74 Å². The van der Waals surface area contributed by atoms with Crippen LogP contribution in [0.25, 0.3) is 0 Å². The number of aromatic nitrogens is 1. The molecule has 2 heterocycles. The van der Waals surface area contributed by atoms with Gasteiger partial charge < -0.3 is 14.1 Å². The maximum absolute atomic E-state index is 13.2. The van der Waals surface area contributed by atoms with Crippen LogP contribution in [0, 0.1) is 0 Å². The van der Waals surface area contributed by atoms with Crippen LogP contribution in [0.15, 0.2) is 59.2 Å². The molecule has 3 aromatic rings. The predicted octanol–water partition coefficient (Wildman–Crippen LogP) is 5.14. The van der Waals surface area contributed by atoms with E-state index in [1.54, 1.807) is 18.1 Å². The van der Waals surface area contributed by atoms with Crippen molar-refractivity contribution in [3.63, 3.8) is 0 Å². The number of nitrogens with zero attached hydrogens (tertiary/aromatic N) is 3. The van der Waals surface area contributed by atoms with Crippen LogP contribution in [0.2, 0.25) is 0 Å². The molecule has 0 bridgehead atoms. The molecule has 0 N–H and O–H groups in total. The Labute approximate surface area is 195 Å². The van der Waals surface area contributed by atoms with Crippen molar-refractivity contribution >= 4 is 5.91 Å². The van der Waals surface area contributed by atoms with Gasteiger partial charge in [0.15, 0.2) is 5.69 Å². The zero-order valence-corrected chi connectivity index (χ0v) is 18.8. The van der Waals surface area contributed by atoms with Crippen LogP contribution >= 0.6 is 0 Å². The van der Waals surface area contributed by atoms with Crippen LogP contribution in [0.5, 0.6) is 5.75 Å². The molecule has 34 heavy (non-hydrogen) atoms. The van der Waals surface area contributed by atoms with Crippen molar-refractivity contribution in [3.05, 3.63) is 83.1 Å². The van der Waals surface area contributed by atoms with Crippen LogP contribution in [0.4, 0.5) is 13.2 Å². The van der Waals surface area contributed by atoms with Crippen LogP contribution in [0.1, 0.15) is 45.9 Å². The highest BCUT2D eigenvalue weighted by Crippen LogP contribution is 2.30. The fraction of sp³-hybridized carbons (Fsp3) is 0.360. The zero-order valence-electron chi connectivity index (χ0n) is 18.8. The lowest BCUT2D eigenvalue weighted by Crippen LogP contribution is -2.28. The summed E-state index contributed by atoms with van der Waals surface area (Å²) in [6.07, 6.45) is -1.13. The third-order valence-electron chi connectivity index (χ3n) is 5.77. The molecule has 2 aromatic carbocycles. The first-order valence-corrected chi connectivity index (χ1v) is 11.1. The fourth-order valence-corrected chi connectivity index (χ4v) is 4.10. The number of likely N-dealkylation sites (tertiary alicyclic amines) is 1. The molecule has 180 valence electrons. The number of oxazole rings is 1. The van der Waals surface area contributed by atoms with Crippen molar-refractivity contribution in [2.45, 2.75) is 38.7 Å². The number of methoxy groups -OCH3 is 1. The summed E-state index contributed by atoms with van der Waals surface area (Å²) in [6, 6.07) is 12.7. The first kappa shape index (κ1) is 23.8. The topological polar surface area (TPSA) is 58.8 Å². The van der Waals surface area contributed by atoms with Gasteiger partial charge >= 0.3 is 6.18 Å². The summed E-state index contributed by atoms with van der Waals surface area (Å²) >= 11 is 0. The SMILES string of the molecule is COc1ccccc1CN(Cc1cccc(C(F)(F)F)c1)Cc1nc(C(=O)N2CCCC2)co1. The lowest BCUT2D eigenvalue weighted by molar-refractivity contribution is -0.137. The van der Waals surface area contributed by atoms with E-state index in [1.807, 2.05) is 29.2 Å². The number of alkyl halides is 3. The van der Waals surface area contributed by atoms with Gasteiger partial charge in [0, 0.05) is 31.7 Å². The van der Waals surface area contributed by atoms with Gasteiger partial charge in [0.25, 0.3) is 5.91 Å².